The van der Waals surface area contributed by atoms with E-state index < -0.39 is 23.9 Å². The van der Waals surface area contributed by atoms with Crippen molar-refractivity contribution in [3.05, 3.63) is 0 Å². The van der Waals surface area contributed by atoms with Gasteiger partial charge in [-0.3, -0.25) is 14.4 Å². The SMILES string of the molecule is CCCCCC(=O)OC(CC)(OC(=O)CCCCC)OC(=O)CCCCC. The minimum absolute atomic E-state index is 0.0611. The first-order chi connectivity index (χ1) is 12.9. The van der Waals surface area contributed by atoms with E-state index >= 15 is 0 Å². The molecule has 0 rings (SSSR count). The van der Waals surface area contributed by atoms with Gasteiger partial charge in [-0.25, -0.2) is 0 Å². The molecule has 0 atom stereocenters. The van der Waals surface area contributed by atoms with Gasteiger partial charge in [-0.15, -0.1) is 0 Å². The van der Waals surface area contributed by atoms with Crippen molar-refractivity contribution in [2.45, 2.75) is 117 Å². The molecule has 6 heteroatoms. The maximum atomic E-state index is 12.2. The van der Waals surface area contributed by atoms with Gasteiger partial charge in [-0.1, -0.05) is 66.2 Å². The molecule has 0 bridgehead atoms. The quantitative estimate of drug-likeness (QED) is 0.200. The zero-order chi connectivity index (χ0) is 20.5. The van der Waals surface area contributed by atoms with Crippen LogP contribution in [0.2, 0.25) is 0 Å². The number of ether oxygens (including phenoxy) is 3. The van der Waals surface area contributed by atoms with Crippen molar-refractivity contribution >= 4 is 17.9 Å². The van der Waals surface area contributed by atoms with Crippen LogP contribution < -0.4 is 0 Å². The van der Waals surface area contributed by atoms with Gasteiger partial charge in [0.1, 0.15) is 0 Å². The summed E-state index contributed by atoms with van der Waals surface area (Å²) >= 11 is 0. The van der Waals surface area contributed by atoms with E-state index in [9.17, 15) is 14.4 Å². The Balaban J connectivity index is 4.97. The number of rotatable bonds is 16. The van der Waals surface area contributed by atoms with Crippen LogP contribution in [0.3, 0.4) is 0 Å². The Kier molecular flexibility index (Phi) is 14.6. The van der Waals surface area contributed by atoms with Crippen LogP contribution >= 0.6 is 0 Å². The van der Waals surface area contributed by atoms with Gasteiger partial charge in [0.15, 0.2) is 0 Å². The van der Waals surface area contributed by atoms with E-state index in [1.54, 1.807) is 6.92 Å². The fraction of sp³-hybridized carbons (Fsp3) is 0.857. The monoisotopic (exact) mass is 386 g/mol. The predicted molar refractivity (Wildman–Crippen MR) is 104 cm³/mol. The molecule has 0 radical (unpaired) electrons. The second-order valence-electron chi connectivity index (χ2n) is 6.83. The maximum Gasteiger partial charge on any atom is 0.423 e. The molecule has 27 heavy (non-hydrogen) atoms. The molecular weight excluding hydrogens is 348 g/mol. The number of unbranched alkanes of at least 4 members (excludes halogenated alkanes) is 6. The van der Waals surface area contributed by atoms with Gasteiger partial charge in [0.05, 0.1) is 6.42 Å². The number of esters is 3. The third-order valence-electron chi connectivity index (χ3n) is 4.19. The van der Waals surface area contributed by atoms with Crippen LogP contribution in [0.1, 0.15) is 111 Å². The number of hydrogen-bond donors (Lipinski definition) is 0. The van der Waals surface area contributed by atoms with Gasteiger partial charge in [0.25, 0.3) is 0 Å². The minimum atomic E-state index is -1.95. The highest BCUT2D eigenvalue weighted by Gasteiger charge is 2.41. The van der Waals surface area contributed by atoms with Gasteiger partial charge >= 0.3 is 23.9 Å². The predicted octanol–water partition coefficient (Wildman–Crippen LogP) is 5.42. The average molecular weight is 387 g/mol. The van der Waals surface area contributed by atoms with E-state index in [4.69, 9.17) is 14.2 Å². The summed E-state index contributed by atoms with van der Waals surface area (Å²) in [5.74, 6) is -3.51. The summed E-state index contributed by atoms with van der Waals surface area (Å²) < 4.78 is 16.1. The van der Waals surface area contributed by atoms with E-state index in [1.165, 1.54) is 0 Å². The molecule has 0 N–H and O–H groups in total. The Morgan fingerprint density at radius 3 is 1.07 bits per heavy atom. The highest BCUT2D eigenvalue weighted by Crippen LogP contribution is 2.24. The van der Waals surface area contributed by atoms with Gasteiger partial charge in [0.2, 0.25) is 0 Å². The Morgan fingerprint density at radius 2 is 0.852 bits per heavy atom. The summed E-state index contributed by atoms with van der Waals surface area (Å²) in [6.45, 7) is 7.78. The summed E-state index contributed by atoms with van der Waals surface area (Å²) in [6, 6.07) is 0. The fourth-order valence-corrected chi connectivity index (χ4v) is 2.51. The molecule has 0 aromatic carbocycles. The lowest BCUT2D eigenvalue weighted by molar-refractivity contribution is -0.331. The van der Waals surface area contributed by atoms with Crippen LogP contribution in [0.4, 0.5) is 0 Å². The molecule has 0 saturated heterocycles. The summed E-state index contributed by atoms with van der Waals surface area (Å²) in [5, 5.41) is 0. The van der Waals surface area contributed by atoms with Crippen LogP contribution in [-0.2, 0) is 28.6 Å². The minimum Gasteiger partial charge on any atom is -0.388 e. The first kappa shape index (κ1) is 25.4. The number of carbonyl (C=O) groups excluding carboxylic acids is 3. The summed E-state index contributed by atoms with van der Waals surface area (Å²) in [7, 11) is 0. The molecule has 0 aliphatic carbocycles. The highest BCUT2D eigenvalue weighted by molar-refractivity contribution is 5.73. The Labute approximate surface area is 164 Å². The Bertz CT molecular complexity index is 373. The molecule has 0 fully saturated rings. The van der Waals surface area contributed by atoms with E-state index in [1.807, 2.05) is 20.8 Å². The molecule has 0 heterocycles. The number of hydrogen-bond acceptors (Lipinski definition) is 6. The Hall–Kier alpha value is -1.59. The summed E-state index contributed by atoms with van der Waals surface area (Å²) in [6.07, 6.45) is 8.37. The van der Waals surface area contributed by atoms with Crippen LogP contribution in [0, 0.1) is 0 Å². The first-order valence-corrected chi connectivity index (χ1v) is 10.6. The lowest BCUT2D eigenvalue weighted by atomic mass is 10.2. The molecule has 0 amide bonds. The summed E-state index contributed by atoms with van der Waals surface area (Å²) in [5.41, 5.74) is 0. The molecule has 0 aliphatic rings. The van der Waals surface area contributed by atoms with Crippen molar-refractivity contribution < 1.29 is 28.6 Å². The van der Waals surface area contributed by atoms with Crippen molar-refractivity contribution in [2.75, 3.05) is 0 Å². The van der Waals surface area contributed by atoms with Gasteiger partial charge in [0, 0.05) is 19.3 Å². The fourth-order valence-electron chi connectivity index (χ4n) is 2.51. The van der Waals surface area contributed by atoms with E-state index in [0.29, 0.717) is 19.3 Å². The molecule has 0 aromatic heterocycles. The second kappa shape index (κ2) is 15.5. The third-order valence-corrected chi connectivity index (χ3v) is 4.19. The zero-order valence-electron chi connectivity index (χ0n) is 17.6. The molecule has 6 nitrogen and oxygen atoms in total. The molecular formula is C21H38O6. The molecule has 0 saturated carbocycles. The lowest BCUT2D eigenvalue weighted by Crippen LogP contribution is -2.44. The molecule has 158 valence electrons. The van der Waals surface area contributed by atoms with Gasteiger partial charge in [-0.05, 0) is 19.3 Å². The standard InChI is InChI=1S/C21H38O6/c1-5-9-12-15-18(22)25-21(8-4,26-19(23)16-13-10-6-2)27-20(24)17-14-11-7-3/h5-17H2,1-4H3. The Morgan fingerprint density at radius 1 is 0.556 bits per heavy atom. The molecule has 0 aliphatic heterocycles. The smallest absolute Gasteiger partial charge is 0.388 e. The first-order valence-electron chi connectivity index (χ1n) is 10.6. The van der Waals surface area contributed by atoms with Crippen LogP contribution in [-0.4, -0.2) is 23.9 Å². The normalized spacial score (nSPS) is 11.1. The van der Waals surface area contributed by atoms with Gasteiger partial charge < -0.3 is 14.2 Å². The molecule has 0 aromatic rings. The largest absolute Gasteiger partial charge is 0.423 e. The van der Waals surface area contributed by atoms with Crippen LogP contribution in [0.5, 0.6) is 0 Å². The molecule has 0 spiro atoms. The van der Waals surface area contributed by atoms with Crippen molar-refractivity contribution in [1.29, 1.82) is 0 Å². The second-order valence-corrected chi connectivity index (χ2v) is 6.83. The van der Waals surface area contributed by atoms with E-state index in [-0.39, 0.29) is 25.7 Å². The molecule has 0 unspecified atom stereocenters. The number of carbonyl (C=O) groups is 3. The van der Waals surface area contributed by atoms with E-state index in [0.717, 1.165) is 38.5 Å². The third kappa shape index (κ3) is 12.4. The van der Waals surface area contributed by atoms with Crippen LogP contribution in [0.25, 0.3) is 0 Å². The van der Waals surface area contributed by atoms with Crippen LogP contribution in [0.15, 0.2) is 0 Å². The van der Waals surface area contributed by atoms with Gasteiger partial charge in [-0.2, -0.15) is 0 Å². The zero-order valence-corrected chi connectivity index (χ0v) is 17.6. The van der Waals surface area contributed by atoms with E-state index in [2.05, 4.69) is 0 Å². The average Bonchev–Trinajstić information content (AvgIpc) is 2.62. The lowest BCUT2D eigenvalue weighted by Gasteiger charge is -2.30. The van der Waals surface area contributed by atoms with Crippen molar-refractivity contribution in [2.24, 2.45) is 0 Å². The van der Waals surface area contributed by atoms with Crippen molar-refractivity contribution in [3.63, 3.8) is 0 Å². The van der Waals surface area contributed by atoms with Crippen molar-refractivity contribution in [1.82, 2.24) is 0 Å². The van der Waals surface area contributed by atoms with Crippen molar-refractivity contribution in [3.8, 4) is 0 Å². The summed E-state index contributed by atoms with van der Waals surface area (Å²) in [4.78, 5) is 36.5. The highest BCUT2D eigenvalue weighted by atomic mass is 16.9. The maximum absolute atomic E-state index is 12.2. The topological polar surface area (TPSA) is 78.9 Å².